The minimum Gasteiger partial charge on any atom is -0.415 e. The average Bonchev–Trinajstić information content (AvgIpc) is 3.04. The first-order valence-corrected chi connectivity index (χ1v) is 12.6. The van der Waals surface area contributed by atoms with Crippen molar-refractivity contribution in [1.82, 2.24) is 19.5 Å². The summed E-state index contributed by atoms with van der Waals surface area (Å²) in [6.07, 6.45) is 8.05. The van der Waals surface area contributed by atoms with E-state index in [1.54, 1.807) is 12.3 Å². The number of carbonyl (C=O) groups is 1. The van der Waals surface area contributed by atoms with Crippen LogP contribution in [0.2, 0.25) is 18.1 Å². The van der Waals surface area contributed by atoms with Gasteiger partial charge in [0.15, 0.2) is 14.1 Å². The van der Waals surface area contributed by atoms with Gasteiger partial charge in [0.05, 0.1) is 23.9 Å². The summed E-state index contributed by atoms with van der Waals surface area (Å²) in [5.74, 6) is -0.152. The second-order valence-electron chi connectivity index (χ2n) is 8.97. The third-order valence-corrected chi connectivity index (χ3v) is 10.2. The van der Waals surface area contributed by atoms with Crippen molar-refractivity contribution in [2.75, 3.05) is 12.3 Å². The Labute approximate surface area is 172 Å². The van der Waals surface area contributed by atoms with Crippen LogP contribution in [0.3, 0.4) is 0 Å². The van der Waals surface area contributed by atoms with E-state index in [1.807, 2.05) is 10.8 Å². The van der Waals surface area contributed by atoms with Crippen LogP contribution in [0.5, 0.6) is 0 Å². The van der Waals surface area contributed by atoms with E-state index in [9.17, 15) is 4.79 Å². The monoisotopic (exact) mass is 411 g/mol. The zero-order valence-corrected chi connectivity index (χ0v) is 18.9. The number of carbonyl (C=O) groups excluding carboxylic acids is 1. The van der Waals surface area contributed by atoms with Gasteiger partial charge in [-0.05, 0) is 31.1 Å². The topological polar surface area (TPSA) is 95.9 Å². The van der Waals surface area contributed by atoms with Gasteiger partial charge in [-0.1, -0.05) is 20.8 Å². The number of rotatable bonds is 6. The van der Waals surface area contributed by atoms with Crippen molar-refractivity contribution in [1.29, 1.82) is 0 Å². The fourth-order valence-electron chi connectivity index (χ4n) is 2.87. The third-order valence-electron chi connectivity index (χ3n) is 5.73. The number of hydrogen-bond acceptors (Lipinski definition) is 6. The van der Waals surface area contributed by atoms with E-state index in [1.165, 1.54) is 18.7 Å². The van der Waals surface area contributed by atoms with Gasteiger partial charge in [0.25, 0.3) is 0 Å². The predicted molar refractivity (Wildman–Crippen MR) is 117 cm³/mol. The fourth-order valence-corrected chi connectivity index (χ4v) is 3.96. The molecule has 2 N–H and O–H groups in total. The number of anilines is 1. The normalized spacial score (nSPS) is 13.6. The second kappa shape index (κ2) is 7.68. The Morgan fingerprint density at radius 3 is 2.62 bits per heavy atom. The van der Waals surface area contributed by atoms with Crippen LogP contribution in [0.4, 0.5) is 5.69 Å². The van der Waals surface area contributed by atoms with Crippen molar-refractivity contribution in [3.8, 4) is 0 Å². The molecule has 3 aromatic rings. The minimum atomic E-state index is -1.88. The van der Waals surface area contributed by atoms with Gasteiger partial charge in [-0.3, -0.25) is 9.78 Å². The van der Waals surface area contributed by atoms with Crippen LogP contribution in [-0.4, -0.2) is 40.2 Å². The Balaban J connectivity index is 1.95. The molecule has 0 bridgehead atoms. The maximum atomic E-state index is 13.1. The standard InChI is InChI=1S/C21H29N5O2Si/c1-14(12-28-29(5,6)21(2,3)4)26-11-18(17-10-24-13-25-20(17)26)19(27)15-7-16(22)9-23-8-15/h7-11,13-14H,12,22H2,1-6H3/t14-/m0/s1. The molecule has 3 aromatic heterocycles. The lowest BCUT2D eigenvalue weighted by Crippen LogP contribution is -2.41. The van der Waals surface area contributed by atoms with Gasteiger partial charge in [0.2, 0.25) is 0 Å². The number of fused-ring (bicyclic) bond motifs is 1. The van der Waals surface area contributed by atoms with Gasteiger partial charge in [0.1, 0.15) is 12.0 Å². The van der Waals surface area contributed by atoms with Gasteiger partial charge in [0, 0.05) is 35.7 Å². The minimum absolute atomic E-state index is 0.0158. The Morgan fingerprint density at radius 2 is 1.97 bits per heavy atom. The summed E-state index contributed by atoms with van der Waals surface area (Å²) in [6.45, 7) is 13.8. The number of aromatic nitrogens is 4. The lowest BCUT2D eigenvalue weighted by Gasteiger charge is -2.37. The van der Waals surface area contributed by atoms with E-state index in [-0.39, 0.29) is 16.9 Å². The highest BCUT2D eigenvalue weighted by molar-refractivity contribution is 6.74. The van der Waals surface area contributed by atoms with E-state index in [2.05, 4.69) is 55.7 Å². The lowest BCUT2D eigenvalue weighted by atomic mass is 10.1. The van der Waals surface area contributed by atoms with Gasteiger partial charge in [-0.15, -0.1) is 0 Å². The SMILES string of the molecule is C[C@@H](CO[Si](C)(C)C(C)(C)C)n1cc(C(=O)c2cncc(N)c2)c2cncnc21. The number of ketones is 1. The molecule has 7 nitrogen and oxygen atoms in total. The third kappa shape index (κ3) is 4.23. The molecule has 29 heavy (non-hydrogen) atoms. The quantitative estimate of drug-likeness (QED) is 0.482. The van der Waals surface area contributed by atoms with E-state index in [0.29, 0.717) is 34.5 Å². The molecule has 0 radical (unpaired) electrons. The maximum Gasteiger partial charge on any atom is 0.196 e. The van der Waals surface area contributed by atoms with E-state index >= 15 is 0 Å². The van der Waals surface area contributed by atoms with E-state index in [4.69, 9.17) is 10.2 Å². The van der Waals surface area contributed by atoms with E-state index < -0.39 is 8.32 Å². The highest BCUT2D eigenvalue weighted by atomic mass is 28.4. The van der Waals surface area contributed by atoms with Crippen molar-refractivity contribution in [2.45, 2.75) is 51.9 Å². The number of nitrogens with zero attached hydrogens (tertiary/aromatic N) is 4. The maximum absolute atomic E-state index is 13.1. The average molecular weight is 412 g/mol. The molecule has 0 aliphatic heterocycles. The van der Waals surface area contributed by atoms with Crippen LogP contribution in [0.15, 0.2) is 37.2 Å². The fraction of sp³-hybridized carbons (Fsp3) is 0.429. The van der Waals surface area contributed by atoms with Crippen LogP contribution >= 0.6 is 0 Å². The number of nitrogens with two attached hydrogens (primary N) is 1. The summed E-state index contributed by atoms with van der Waals surface area (Å²) < 4.78 is 8.39. The van der Waals surface area contributed by atoms with Gasteiger partial charge < -0.3 is 14.7 Å². The van der Waals surface area contributed by atoms with Crippen molar-refractivity contribution >= 4 is 30.8 Å². The van der Waals surface area contributed by atoms with Gasteiger partial charge >= 0.3 is 0 Å². The molecule has 3 rings (SSSR count). The van der Waals surface area contributed by atoms with E-state index in [0.717, 1.165) is 0 Å². The Kier molecular flexibility index (Phi) is 5.60. The Bertz CT molecular complexity index is 1040. The molecular weight excluding hydrogens is 382 g/mol. The molecule has 0 fully saturated rings. The predicted octanol–water partition coefficient (Wildman–Crippen LogP) is 4.22. The van der Waals surface area contributed by atoms with Crippen molar-refractivity contribution in [3.63, 3.8) is 0 Å². The smallest absolute Gasteiger partial charge is 0.196 e. The molecule has 8 heteroatoms. The molecule has 0 saturated heterocycles. The Hall–Kier alpha value is -2.58. The second-order valence-corrected chi connectivity index (χ2v) is 13.8. The molecule has 0 unspecified atom stereocenters. The molecule has 1 atom stereocenters. The molecule has 0 saturated carbocycles. The summed E-state index contributed by atoms with van der Waals surface area (Å²) in [4.78, 5) is 25.7. The zero-order valence-electron chi connectivity index (χ0n) is 17.9. The zero-order chi connectivity index (χ0) is 21.4. The summed E-state index contributed by atoms with van der Waals surface area (Å²) in [5.41, 5.74) is 7.94. The van der Waals surface area contributed by atoms with Crippen LogP contribution in [0, 0.1) is 0 Å². The summed E-state index contributed by atoms with van der Waals surface area (Å²) >= 11 is 0. The molecule has 0 aromatic carbocycles. The van der Waals surface area contributed by atoms with Crippen molar-refractivity contribution in [2.24, 2.45) is 0 Å². The molecule has 0 spiro atoms. The number of pyridine rings is 1. The van der Waals surface area contributed by atoms with Crippen LogP contribution in [0.1, 0.15) is 49.7 Å². The van der Waals surface area contributed by atoms with Crippen molar-refractivity contribution in [3.05, 3.63) is 48.3 Å². The summed E-state index contributed by atoms with van der Waals surface area (Å²) in [5, 5.41) is 0.841. The van der Waals surface area contributed by atoms with Gasteiger partial charge in [-0.2, -0.15) is 0 Å². The molecule has 154 valence electrons. The number of hydrogen-bond donors (Lipinski definition) is 1. The first-order chi connectivity index (χ1) is 13.5. The molecule has 0 aliphatic rings. The first-order valence-electron chi connectivity index (χ1n) is 9.71. The summed E-state index contributed by atoms with van der Waals surface area (Å²) in [7, 11) is -1.88. The highest BCUT2D eigenvalue weighted by Crippen LogP contribution is 2.37. The molecule has 0 aliphatic carbocycles. The molecular formula is C21H29N5O2Si. The first kappa shape index (κ1) is 21.1. The highest BCUT2D eigenvalue weighted by Gasteiger charge is 2.37. The van der Waals surface area contributed by atoms with Crippen molar-refractivity contribution < 1.29 is 9.22 Å². The molecule has 3 heterocycles. The Morgan fingerprint density at radius 1 is 1.24 bits per heavy atom. The lowest BCUT2D eigenvalue weighted by molar-refractivity contribution is 0.103. The van der Waals surface area contributed by atoms with Crippen LogP contribution < -0.4 is 5.73 Å². The molecule has 0 amide bonds. The van der Waals surface area contributed by atoms with Crippen LogP contribution in [-0.2, 0) is 4.43 Å². The van der Waals surface area contributed by atoms with Gasteiger partial charge in [-0.25, -0.2) is 9.97 Å². The summed E-state index contributed by atoms with van der Waals surface area (Å²) in [6, 6.07) is 1.65. The largest absolute Gasteiger partial charge is 0.415 e. The van der Waals surface area contributed by atoms with Crippen LogP contribution in [0.25, 0.3) is 11.0 Å². The number of nitrogen functional groups attached to an aromatic ring is 1.